The number of carbonyl (C=O) groups excluding carboxylic acids is 2. The van der Waals surface area contributed by atoms with E-state index in [1.165, 1.54) is 0 Å². The van der Waals surface area contributed by atoms with E-state index in [0.29, 0.717) is 25.8 Å². The second kappa shape index (κ2) is 9.62. The lowest BCUT2D eigenvalue weighted by Gasteiger charge is -2.04. The van der Waals surface area contributed by atoms with Crippen molar-refractivity contribution in [3.8, 4) is 0 Å². The molecule has 17 heavy (non-hydrogen) atoms. The highest BCUT2D eigenvalue weighted by Crippen LogP contribution is 1.98. The minimum atomic E-state index is -1.04. The molecule has 6 heteroatoms. The van der Waals surface area contributed by atoms with Gasteiger partial charge in [-0.05, 0) is 12.8 Å². The minimum absolute atomic E-state index is 0.0317. The van der Waals surface area contributed by atoms with Crippen LogP contribution in [0.2, 0.25) is 0 Å². The van der Waals surface area contributed by atoms with E-state index in [-0.39, 0.29) is 18.4 Å². The Morgan fingerprint density at radius 3 is 2.29 bits per heavy atom. The SMILES string of the molecule is CCC(=O)NCCCCCC(=O)NCC(=O)O. The molecule has 0 fully saturated rings. The van der Waals surface area contributed by atoms with Crippen molar-refractivity contribution in [1.29, 1.82) is 0 Å². The molecule has 0 radical (unpaired) electrons. The average Bonchev–Trinajstić information content (AvgIpc) is 2.30. The first-order chi connectivity index (χ1) is 8.06. The zero-order chi connectivity index (χ0) is 13.1. The summed E-state index contributed by atoms with van der Waals surface area (Å²) in [5.41, 5.74) is 0. The maximum atomic E-state index is 11.1. The van der Waals surface area contributed by atoms with Gasteiger partial charge in [0, 0.05) is 19.4 Å². The van der Waals surface area contributed by atoms with Gasteiger partial charge in [0.15, 0.2) is 0 Å². The molecule has 0 aromatic heterocycles. The van der Waals surface area contributed by atoms with Crippen molar-refractivity contribution < 1.29 is 19.5 Å². The van der Waals surface area contributed by atoms with Gasteiger partial charge < -0.3 is 15.7 Å². The molecule has 0 saturated carbocycles. The van der Waals surface area contributed by atoms with Crippen LogP contribution >= 0.6 is 0 Å². The first-order valence-corrected chi connectivity index (χ1v) is 5.81. The van der Waals surface area contributed by atoms with E-state index in [1.54, 1.807) is 6.92 Å². The largest absolute Gasteiger partial charge is 0.480 e. The third-order valence-electron chi connectivity index (χ3n) is 2.16. The number of unbranched alkanes of at least 4 members (excludes halogenated alkanes) is 2. The van der Waals surface area contributed by atoms with Gasteiger partial charge in [-0.2, -0.15) is 0 Å². The van der Waals surface area contributed by atoms with Crippen LogP contribution in [0, 0.1) is 0 Å². The second-order valence-electron chi connectivity index (χ2n) is 3.68. The normalized spacial score (nSPS) is 9.71. The molecule has 0 aromatic carbocycles. The molecular weight excluding hydrogens is 224 g/mol. The maximum Gasteiger partial charge on any atom is 0.322 e. The molecule has 2 amide bonds. The Morgan fingerprint density at radius 2 is 1.71 bits per heavy atom. The van der Waals surface area contributed by atoms with Gasteiger partial charge in [0.1, 0.15) is 6.54 Å². The molecule has 0 unspecified atom stereocenters. The molecule has 0 aliphatic rings. The van der Waals surface area contributed by atoms with Crippen LogP contribution in [-0.2, 0) is 14.4 Å². The average molecular weight is 244 g/mol. The first kappa shape index (κ1) is 15.4. The van der Waals surface area contributed by atoms with E-state index < -0.39 is 5.97 Å². The Hall–Kier alpha value is -1.59. The van der Waals surface area contributed by atoms with Crippen LogP contribution in [0.15, 0.2) is 0 Å². The van der Waals surface area contributed by atoms with E-state index in [1.807, 2.05) is 0 Å². The van der Waals surface area contributed by atoms with E-state index in [0.717, 1.165) is 12.8 Å². The number of hydrogen-bond acceptors (Lipinski definition) is 3. The van der Waals surface area contributed by atoms with E-state index >= 15 is 0 Å². The second-order valence-corrected chi connectivity index (χ2v) is 3.68. The number of carboxylic acid groups (broad SMARTS) is 1. The van der Waals surface area contributed by atoms with Gasteiger partial charge in [0.2, 0.25) is 11.8 Å². The molecule has 0 rings (SSSR count). The Labute approximate surface area is 101 Å². The highest BCUT2D eigenvalue weighted by Gasteiger charge is 2.03. The van der Waals surface area contributed by atoms with Crippen LogP contribution < -0.4 is 10.6 Å². The van der Waals surface area contributed by atoms with Gasteiger partial charge in [-0.1, -0.05) is 13.3 Å². The van der Waals surface area contributed by atoms with Gasteiger partial charge >= 0.3 is 5.97 Å². The molecular formula is C11H20N2O4. The summed E-state index contributed by atoms with van der Waals surface area (Å²) in [7, 11) is 0. The van der Waals surface area contributed by atoms with E-state index in [2.05, 4.69) is 10.6 Å². The zero-order valence-electron chi connectivity index (χ0n) is 10.1. The molecule has 6 nitrogen and oxygen atoms in total. The molecule has 0 bridgehead atoms. The van der Waals surface area contributed by atoms with Crippen molar-refractivity contribution in [2.45, 2.75) is 39.0 Å². The van der Waals surface area contributed by atoms with Gasteiger partial charge in [0.05, 0.1) is 0 Å². The van der Waals surface area contributed by atoms with Crippen LogP contribution in [0.3, 0.4) is 0 Å². The van der Waals surface area contributed by atoms with E-state index in [9.17, 15) is 14.4 Å². The van der Waals surface area contributed by atoms with Crippen LogP contribution in [0.25, 0.3) is 0 Å². The fraction of sp³-hybridized carbons (Fsp3) is 0.727. The van der Waals surface area contributed by atoms with Gasteiger partial charge in [-0.25, -0.2) is 0 Å². The molecule has 0 saturated heterocycles. The number of nitrogens with one attached hydrogen (secondary N) is 2. The summed E-state index contributed by atoms with van der Waals surface area (Å²) in [6.45, 7) is 2.09. The Kier molecular flexibility index (Phi) is 8.72. The number of carbonyl (C=O) groups is 3. The van der Waals surface area contributed by atoms with Gasteiger partial charge in [-0.15, -0.1) is 0 Å². The predicted octanol–water partition coefficient (Wildman–Crippen LogP) is 0.274. The smallest absolute Gasteiger partial charge is 0.322 e. The summed E-state index contributed by atoms with van der Waals surface area (Å²) in [6.07, 6.45) is 3.18. The number of rotatable bonds is 9. The zero-order valence-corrected chi connectivity index (χ0v) is 10.1. The molecule has 0 atom stereocenters. The fourth-order valence-corrected chi connectivity index (χ4v) is 1.20. The van der Waals surface area contributed by atoms with Gasteiger partial charge in [0.25, 0.3) is 0 Å². The standard InChI is InChI=1S/C11H20N2O4/c1-2-9(14)12-7-5-3-4-6-10(15)13-8-11(16)17/h2-8H2,1H3,(H,12,14)(H,13,15)(H,16,17). The highest BCUT2D eigenvalue weighted by atomic mass is 16.4. The number of carboxylic acids is 1. The Bertz CT molecular complexity index is 266. The number of amides is 2. The van der Waals surface area contributed by atoms with Crippen molar-refractivity contribution in [1.82, 2.24) is 10.6 Å². The summed E-state index contributed by atoms with van der Waals surface area (Å²) in [5.74, 6) is -1.25. The summed E-state index contributed by atoms with van der Waals surface area (Å²) >= 11 is 0. The maximum absolute atomic E-state index is 11.1. The lowest BCUT2D eigenvalue weighted by atomic mass is 10.2. The molecule has 0 aromatic rings. The lowest BCUT2D eigenvalue weighted by Crippen LogP contribution is -2.29. The predicted molar refractivity (Wildman–Crippen MR) is 62.4 cm³/mol. The summed E-state index contributed by atoms with van der Waals surface area (Å²) in [5, 5.41) is 13.4. The molecule has 3 N–H and O–H groups in total. The molecule has 0 aliphatic heterocycles. The Balaban J connectivity index is 3.30. The third-order valence-corrected chi connectivity index (χ3v) is 2.16. The van der Waals surface area contributed by atoms with Crippen LogP contribution in [-0.4, -0.2) is 36.0 Å². The highest BCUT2D eigenvalue weighted by molar-refractivity contribution is 5.80. The lowest BCUT2D eigenvalue weighted by molar-refractivity contribution is -0.137. The van der Waals surface area contributed by atoms with Crippen molar-refractivity contribution in [3.05, 3.63) is 0 Å². The van der Waals surface area contributed by atoms with Crippen molar-refractivity contribution in [3.63, 3.8) is 0 Å². The summed E-state index contributed by atoms with van der Waals surface area (Å²) in [6, 6.07) is 0. The minimum Gasteiger partial charge on any atom is -0.480 e. The summed E-state index contributed by atoms with van der Waals surface area (Å²) in [4.78, 5) is 32.1. The van der Waals surface area contributed by atoms with Crippen molar-refractivity contribution in [2.24, 2.45) is 0 Å². The number of aliphatic carboxylic acids is 1. The quantitative estimate of drug-likeness (QED) is 0.507. The van der Waals surface area contributed by atoms with Crippen molar-refractivity contribution in [2.75, 3.05) is 13.1 Å². The van der Waals surface area contributed by atoms with E-state index in [4.69, 9.17) is 5.11 Å². The van der Waals surface area contributed by atoms with Crippen LogP contribution in [0.1, 0.15) is 39.0 Å². The molecule has 0 aliphatic carbocycles. The molecule has 0 heterocycles. The van der Waals surface area contributed by atoms with Crippen molar-refractivity contribution >= 4 is 17.8 Å². The van der Waals surface area contributed by atoms with Gasteiger partial charge in [-0.3, -0.25) is 14.4 Å². The first-order valence-electron chi connectivity index (χ1n) is 5.81. The topological polar surface area (TPSA) is 95.5 Å². The molecule has 0 spiro atoms. The number of hydrogen-bond donors (Lipinski definition) is 3. The summed E-state index contributed by atoms with van der Waals surface area (Å²) < 4.78 is 0. The monoisotopic (exact) mass is 244 g/mol. The van der Waals surface area contributed by atoms with Crippen LogP contribution in [0.4, 0.5) is 0 Å². The van der Waals surface area contributed by atoms with Crippen LogP contribution in [0.5, 0.6) is 0 Å². The third kappa shape index (κ3) is 10.7. The fourth-order valence-electron chi connectivity index (χ4n) is 1.20. The Morgan fingerprint density at radius 1 is 1.00 bits per heavy atom. The molecule has 98 valence electrons.